The van der Waals surface area contributed by atoms with E-state index in [1.54, 1.807) is 0 Å². The zero-order valence-electron chi connectivity index (χ0n) is 11.8. The van der Waals surface area contributed by atoms with Crippen LogP contribution in [-0.2, 0) is 6.42 Å². The summed E-state index contributed by atoms with van der Waals surface area (Å²) in [6, 6.07) is 16.4. The topological polar surface area (TPSA) is 17.1 Å². The van der Waals surface area contributed by atoms with E-state index in [4.69, 9.17) is 0 Å². The maximum atomic E-state index is 12.3. The maximum absolute atomic E-state index is 12.3. The number of rotatable bonds is 4. The van der Waals surface area contributed by atoms with E-state index in [0.29, 0.717) is 6.42 Å². The second-order valence-electron chi connectivity index (χ2n) is 5.36. The van der Waals surface area contributed by atoms with E-state index in [0.717, 1.165) is 28.4 Å². The number of fused-ring (bicyclic) bond motifs is 1. The van der Waals surface area contributed by atoms with Crippen molar-refractivity contribution in [1.29, 1.82) is 0 Å². The summed E-state index contributed by atoms with van der Waals surface area (Å²) in [7, 11) is 0. The number of hydrogen-bond donors (Lipinski definition) is 0. The van der Waals surface area contributed by atoms with Crippen molar-refractivity contribution in [3.63, 3.8) is 0 Å². The van der Waals surface area contributed by atoms with Crippen LogP contribution in [0.1, 0.15) is 40.7 Å². The first-order chi connectivity index (χ1) is 10.2. The Morgan fingerprint density at radius 2 is 1.81 bits per heavy atom. The van der Waals surface area contributed by atoms with Crippen LogP contribution >= 0.6 is 22.6 Å². The molecule has 1 aliphatic carbocycles. The molecule has 106 valence electrons. The van der Waals surface area contributed by atoms with E-state index in [2.05, 4.69) is 52.9 Å². The van der Waals surface area contributed by atoms with Gasteiger partial charge in [-0.15, -0.1) is 0 Å². The van der Waals surface area contributed by atoms with Crippen molar-refractivity contribution in [2.24, 2.45) is 0 Å². The molecule has 0 amide bonds. The van der Waals surface area contributed by atoms with E-state index in [-0.39, 0.29) is 5.78 Å². The summed E-state index contributed by atoms with van der Waals surface area (Å²) in [4.78, 5) is 12.3. The lowest BCUT2D eigenvalue weighted by Crippen LogP contribution is -2.03. The zero-order valence-corrected chi connectivity index (χ0v) is 14.0. The summed E-state index contributed by atoms with van der Waals surface area (Å²) in [5.41, 5.74) is 4.90. The van der Waals surface area contributed by atoms with Crippen LogP contribution in [0.2, 0.25) is 0 Å². The molecular formula is C19H17IO. The van der Waals surface area contributed by atoms with Crippen LogP contribution in [0.25, 0.3) is 5.57 Å². The monoisotopic (exact) mass is 388 g/mol. The predicted molar refractivity (Wildman–Crippen MR) is 95.5 cm³/mol. The molecule has 0 fully saturated rings. The first-order valence-electron chi connectivity index (χ1n) is 7.30. The molecule has 0 N–H and O–H groups in total. The van der Waals surface area contributed by atoms with Crippen LogP contribution in [0.5, 0.6) is 0 Å². The molecule has 2 aromatic carbocycles. The molecule has 2 heteroatoms. The highest BCUT2D eigenvalue weighted by Gasteiger charge is 2.13. The van der Waals surface area contributed by atoms with Gasteiger partial charge in [-0.1, -0.05) is 42.5 Å². The molecule has 0 spiro atoms. The molecule has 2 aromatic rings. The number of carbonyl (C=O) groups is 1. The normalized spacial score (nSPS) is 13.5. The molecule has 0 radical (unpaired) electrons. The van der Waals surface area contributed by atoms with Gasteiger partial charge in [-0.3, -0.25) is 4.79 Å². The van der Waals surface area contributed by atoms with Crippen LogP contribution in [0.3, 0.4) is 0 Å². The number of Topliss-reactive ketones (excluding diaryl/α,β-unsaturated/α-hetero) is 1. The average Bonchev–Trinajstić information content (AvgIpc) is 2.53. The van der Waals surface area contributed by atoms with Crippen LogP contribution in [0, 0.1) is 3.57 Å². The summed E-state index contributed by atoms with van der Waals surface area (Å²) < 4.78 is 1.16. The highest BCUT2D eigenvalue weighted by Crippen LogP contribution is 2.29. The molecule has 0 saturated carbocycles. The molecule has 0 heterocycles. The number of ketones is 1. The molecule has 0 bridgehead atoms. The Kier molecular flexibility index (Phi) is 4.54. The fraction of sp³-hybridized carbons (Fsp3) is 0.211. The summed E-state index contributed by atoms with van der Waals surface area (Å²) in [6.07, 6.45) is 5.92. The smallest absolute Gasteiger partial charge is 0.163 e. The molecule has 1 nitrogen and oxygen atoms in total. The predicted octanol–water partition coefficient (Wildman–Crippen LogP) is 5.28. The molecule has 0 unspecified atom stereocenters. The summed E-state index contributed by atoms with van der Waals surface area (Å²) in [5, 5.41) is 0. The quantitative estimate of drug-likeness (QED) is 0.514. The Morgan fingerprint density at radius 1 is 1.05 bits per heavy atom. The Bertz CT molecular complexity index is 683. The maximum Gasteiger partial charge on any atom is 0.163 e. The van der Waals surface area contributed by atoms with E-state index < -0.39 is 0 Å². The van der Waals surface area contributed by atoms with Crippen LogP contribution in [-0.4, -0.2) is 5.78 Å². The van der Waals surface area contributed by atoms with E-state index in [1.807, 2.05) is 24.3 Å². The highest BCUT2D eigenvalue weighted by atomic mass is 127. The third-order valence-electron chi connectivity index (χ3n) is 3.96. The summed E-state index contributed by atoms with van der Waals surface area (Å²) in [6.45, 7) is 0. The Labute approximate surface area is 139 Å². The minimum absolute atomic E-state index is 0.232. The van der Waals surface area contributed by atoms with Gasteiger partial charge in [-0.2, -0.15) is 0 Å². The standard InChI is InChI=1S/C19H17IO/c20-17-11-8-16(9-12-17)19(21)13-10-15-6-3-5-14-4-1-2-7-18(14)15/h1-2,4,6-9,11-12H,3,5,10,13H2. The summed E-state index contributed by atoms with van der Waals surface area (Å²) >= 11 is 2.26. The number of benzene rings is 2. The van der Waals surface area contributed by atoms with Gasteiger partial charge >= 0.3 is 0 Å². The van der Waals surface area contributed by atoms with Crippen molar-refractivity contribution in [2.45, 2.75) is 25.7 Å². The first kappa shape index (κ1) is 14.5. The number of hydrogen-bond acceptors (Lipinski definition) is 1. The van der Waals surface area contributed by atoms with Crippen molar-refractivity contribution >= 4 is 33.9 Å². The van der Waals surface area contributed by atoms with Crippen molar-refractivity contribution in [2.75, 3.05) is 0 Å². The largest absolute Gasteiger partial charge is 0.294 e. The first-order valence-corrected chi connectivity index (χ1v) is 8.38. The second kappa shape index (κ2) is 6.56. The minimum Gasteiger partial charge on any atom is -0.294 e. The second-order valence-corrected chi connectivity index (χ2v) is 6.60. The minimum atomic E-state index is 0.232. The Morgan fingerprint density at radius 3 is 2.62 bits per heavy atom. The van der Waals surface area contributed by atoms with Gasteiger partial charge in [0, 0.05) is 15.6 Å². The van der Waals surface area contributed by atoms with Crippen molar-refractivity contribution in [3.8, 4) is 0 Å². The Balaban J connectivity index is 1.69. The van der Waals surface area contributed by atoms with E-state index in [9.17, 15) is 4.79 Å². The molecule has 0 saturated heterocycles. The van der Waals surface area contributed by atoms with Gasteiger partial charge in [0.15, 0.2) is 5.78 Å². The van der Waals surface area contributed by atoms with Crippen LogP contribution in [0.15, 0.2) is 54.6 Å². The van der Waals surface area contributed by atoms with Gasteiger partial charge in [0.2, 0.25) is 0 Å². The van der Waals surface area contributed by atoms with Crippen molar-refractivity contribution in [1.82, 2.24) is 0 Å². The lowest BCUT2D eigenvalue weighted by atomic mass is 9.88. The van der Waals surface area contributed by atoms with E-state index in [1.165, 1.54) is 16.7 Å². The number of halogens is 1. The van der Waals surface area contributed by atoms with Crippen LogP contribution < -0.4 is 0 Å². The van der Waals surface area contributed by atoms with Crippen molar-refractivity contribution < 1.29 is 4.79 Å². The number of allylic oxidation sites excluding steroid dienone is 2. The van der Waals surface area contributed by atoms with Crippen molar-refractivity contribution in [3.05, 3.63) is 74.9 Å². The molecule has 1 aliphatic rings. The van der Waals surface area contributed by atoms with E-state index >= 15 is 0 Å². The third-order valence-corrected chi connectivity index (χ3v) is 4.67. The van der Waals surface area contributed by atoms with Gasteiger partial charge in [0.05, 0.1) is 0 Å². The molecular weight excluding hydrogens is 371 g/mol. The average molecular weight is 388 g/mol. The van der Waals surface area contributed by atoms with Gasteiger partial charge in [-0.05, 0) is 70.7 Å². The van der Waals surface area contributed by atoms with Gasteiger partial charge in [0.25, 0.3) is 0 Å². The van der Waals surface area contributed by atoms with Gasteiger partial charge in [-0.25, -0.2) is 0 Å². The molecule has 3 rings (SSSR count). The summed E-state index contributed by atoms with van der Waals surface area (Å²) in [5.74, 6) is 0.232. The molecule has 0 aromatic heterocycles. The van der Waals surface area contributed by atoms with Gasteiger partial charge < -0.3 is 0 Å². The lowest BCUT2D eigenvalue weighted by molar-refractivity contribution is 0.0984. The van der Waals surface area contributed by atoms with Crippen LogP contribution in [0.4, 0.5) is 0 Å². The third kappa shape index (κ3) is 3.43. The lowest BCUT2D eigenvalue weighted by Gasteiger charge is -2.17. The Hall–Kier alpha value is -1.42. The molecule has 21 heavy (non-hydrogen) atoms. The number of aryl methyl sites for hydroxylation is 1. The SMILES string of the molecule is O=C(CCC1=CCCc2ccccc21)c1ccc(I)cc1. The number of carbonyl (C=O) groups excluding carboxylic acids is 1. The fourth-order valence-corrected chi connectivity index (χ4v) is 3.19. The molecule has 0 aliphatic heterocycles. The highest BCUT2D eigenvalue weighted by molar-refractivity contribution is 14.1. The zero-order chi connectivity index (χ0) is 14.7. The fourth-order valence-electron chi connectivity index (χ4n) is 2.83. The van der Waals surface area contributed by atoms with Gasteiger partial charge in [0.1, 0.15) is 0 Å². The molecule has 0 atom stereocenters.